The third-order valence-electron chi connectivity index (χ3n) is 5.94. The van der Waals surface area contributed by atoms with Crippen molar-refractivity contribution in [1.82, 2.24) is 0 Å². The van der Waals surface area contributed by atoms with E-state index in [2.05, 4.69) is 46.8 Å². The molecule has 1 amide bonds. The number of hydrogen-bond acceptors (Lipinski definition) is 4. The van der Waals surface area contributed by atoms with Crippen molar-refractivity contribution in [1.29, 1.82) is 0 Å². The van der Waals surface area contributed by atoms with Gasteiger partial charge >= 0.3 is 0 Å². The van der Waals surface area contributed by atoms with Gasteiger partial charge in [-0.25, -0.2) is 0 Å². The highest BCUT2D eigenvalue weighted by atomic mass is 16.2. The van der Waals surface area contributed by atoms with Crippen LogP contribution in [0.25, 0.3) is 11.3 Å². The molecule has 0 atom stereocenters. The van der Waals surface area contributed by atoms with Crippen LogP contribution in [0.4, 0.5) is 22.7 Å². The molecule has 0 bridgehead atoms. The van der Waals surface area contributed by atoms with Crippen molar-refractivity contribution >= 4 is 39.9 Å². The Balaban J connectivity index is 1.46. The van der Waals surface area contributed by atoms with Crippen LogP contribution in [0.3, 0.4) is 0 Å². The van der Waals surface area contributed by atoms with E-state index in [1.54, 1.807) is 6.07 Å². The fraction of sp³-hybridized carbons (Fsp3) is 0.0690. The van der Waals surface area contributed by atoms with E-state index in [4.69, 9.17) is 5.73 Å². The topological polar surface area (TPSA) is 70.4 Å². The summed E-state index contributed by atoms with van der Waals surface area (Å²) in [4.78, 5) is 15.2. The molecule has 1 aliphatic rings. The normalized spacial score (nSPS) is 13.7. The highest BCUT2D eigenvalue weighted by Gasteiger charge is 2.28. The summed E-state index contributed by atoms with van der Waals surface area (Å²) in [5.41, 5.74) is 13.8. The van der Waals surface area contributed by atoms with Gasteiger partial charge in [-0.15, -0.1) is 0 Å². The van der Waals surface area contributed by atoms with Gasteiger partial charge in [0.25, 0.3) is 5.91 Å². The van der Waals surface area contributed by atoms with Crippen molar-refractivity contribution in [3.8, 4) is 0 Å². The number of nitrogens with two attached hydrogens (primary N) is 1. The van der Waals surface area contributed by atoms with Crippen LogP contribution in [0.15, 0.2) is 103 Å². The number of anilines is 4. The number of nitrogens with zero attached hydrogens (tertiary/aromatic N) is 1. The lowest BCUT2D eigenvalue weighted by Crippen LogP contribution is -2.16. The number of amides is 1. The van der Waals surface area contributed by atoms with Crippen LogP contribution in [-0.2, 0) is 11.3 Å². The number of benzene rings is 4. The van der Waals surface area contributed by atoms with Gasteiger partial charge in [-0.1, -0.05) is 60.7 Å². The highest BCUT2D eigenvalue weighted by molar-refractivity contribution is 6.37. The third kappa shape index (κ3) is 4.36. The molecule has 0 aromatic heterocycles. The van der Waals surface area contributed by atoms with Crippen molar-refractivity contribution in [2.24, 2.45) is 0 Å². The van der Waals surface area contributed by atoms with Crippen LogP contribution in [-0.4, -0.2) is 13.0 Å². The molecule has 34 heavy (non-hydrogen) atoms. The quantitative estimate of drug-likeness (QED) is 0.257. The zero-order valence-electron chi connectivity index (χ0n) is 19.0. The number of fused-ring (bicyclic) bond motifs is 1. The fourth-order valence-corrected chi connectivity index (χ4v) is 4.20. The van der Waals surface area contributed by atoms with Gasteiger partial charge in [0.05, 0.1) is 11.3 Å². The molecule has 0 saturated carbocycles. The maximum absolute atomic E-state index is 13.0. The van der Waals surface area contributed by atoms with Gasteiger partial charge in [-0.2, -0.15) is 0 Å². The molecule has 4 N–H and O–H groups in total. The van der Waals surface area contributed by atoms with Gasteiger partial charge in [0.1, 0.15) is 0 Å². The van der Waals surface area contributed by atoms with Crippen LogP contribution in [0.2, 0.25) is 0 Å². The Morgan fingerprint density at radius 1 is 0.882 bits per heavy atom. The molecule has 5 nitrogen and oxygen atoms in total. The lowest BCUT2D eigenvalue weighted by atomic mass is 9.99. The van der Waals surface area contributed by atoms with Gasteiger partial charge in [0, 0.05) is 41.9 Å². The van der Waals surface area contributed by atoms with Crippen LogP contribution in [0.5, 0.6) is 0 Å². The minimum Gasteiger partial charge on any atom is -0.399 e. The average Bonchev–Trinajstić information content (AvgIpc) is 3.19. The predicted octanol–water partition coefficient (Wildman–Crippen LogP) is 5.84. The van der Waals surface area contributed by atoms with Gasteiger partial charge in [0.15, 0.2) is 0 Å². The monoisotopic (exact) mass is 446 g/mol. The summed E-state index contributed by atoms with van der Waals surface area (Å²) in [5.74, 6) is -0.145. The van der Waals surface area contributed by atoms with Crippen molar-refractivity contribution in [3.05, 3.63) is 120 Å². The van der Waals surface area contributed by atoms with E-state index in [1.807, 2.05) is 72.8 Å². The third-order valence-corrected chi connectivity index (χ3v) is 5.94. The lowest BCUT2D eigenvalue weighted by molar-refractivity contribution is -0.110. The molecular weight excluding hydrogens is 420 g/mol. The summed E-state index contributed by atoms with van der Waals surface area (Å²) in [7, 11) is 2.08. The minimum atomic E-state index is -0.145. The zero-order chi connectivity index (χ0) is 23.5. The molecule has 0 fully saturated rings. The Kier molecular flexibility index (Phi) is 5.75. The smallest absolute Gasteiger partial charge is 0.258 e. The van der Waals surface area contributed by atoms with E-state index in [-0.39, 0.29) is 5.91 Å². The van der Waals surface area contributed by atoms with Crippen LogP contribution >= 0.6 is 0 Å². The number of carbonyl (C=O) groups is 1. The first-order valence-electron chi connectivity index (χ1n) is 11.2. The van der Waals surface area contributed by atoms with Crippen LogP contribution < -0.4 is 21.3 Å². The maximum Gasteiger partial charge on any atom is 0.258 e. The number of para-hydroxylation sites is 1. The SMILES string of the molecule is CN(Cc1ccc(N/C(=C2\C(=O)Nc3ccc(N)cc32)c2ccccc2)cc1)c1ccccc1. The number of nitrogens with one attached hydrogen (secondary N) is 2. The lowest BCUT2D eigenvalue weighted by Gasteiger charge is -2.20. The first-order chi connectivity index (χ1) is 16.6. The molecular formula is C29H26N4O. The Morgan fingerprint density at radius 2 is 1.56 bits per heavy atom. The number of hydrogen-bond donors (Lipinski definition) is 3. The molecule has 1 aliphatic heterocycles. The summed E-state index contributed by atoms with van der Waals surface area (Å²) in [6, 6.07) is 34.0. The molecule has 0 aliphatic carbocycles. The summed E-state index contributed by atoms with van der Waals surface area (Å²) in [6.07, 6.45) is 0. The second kappa shape index (κ2) is 9.16. The van der Waals surface area contributed by atoms with Crippen LogP contribution in [0.1, 0.15) is 16.7 Å². The Morgan fingerprint density at radius 3 is 2.26 bits per heavy atom. The van der Waals surface area contributed by atoms with E-state index in [9.17, 15) is 4.79 Å². The average molecular weight is 447 g/mol. The molecule has 0 radical (unpaired) electrons. The molecule has 5 heteroatoms. The van der Waals surface area contributed by atoms with E-state index < -0.39 is 0 Å². The highest BCUT2D eigenvalue weighted by Crippen LogP contribution is 2.38. The molecule has 0 saturated heterocycles. The Labute approximate surface area is 199 Å². The van der Waals surface area contributed by atoms with E-state index in [0.29, 0.717) is 11.3 Å². The standard InChI is InChI=1S/C29H26N4O/c1-33(24-10-6-3-7-11-24)19-20-12-15-23(16-13-20)31-28(21-8-4-2-5-9-21)27-25-18-22(30)14-17-26(25)32-29(27)34/h2-18,31H,19,30H2,1H3,(H,32,34)/b28-27-. The van der Waals surface area contributed by atoms with Gasteiger partial charge in [0.2, 0.25) is 0 Å². The Hall–Kier alpha value is -4.51. The molecule has 5 rings (SSSR count). The molecule has 0 unspecified atom stereocenters. The molecule has 4 aromatic rings. The first-order valence-corrected chi connectivity index (χ1v) is 11.2. The number of nitrogen functional groups attached to an aromatic ring is 1. The maximum atomic E-state index is 13.0. The molecule has 4 aromatic carbocycles. The van der Waals surface area contributed by atoms with E-state index in [0.717, 1.165) is 34.7 Å². The Bertz CT molecular complexity index is 1350. The largest absolute Gasteiger partial charge is 0.399 e. The summed E-state index contributed by atoms with van der Waals surface area (Å²) < 4.78 is 0. The van der Waals surface area contributed by atoms with Crippen molar-refractivity contribution in [3.63, 3.8) is 0 Å². The second-order valence-electron chi connectivity index (χ2n) is 8.39. The van der Waals surface area contributed by atoms with Crippen molar-refractivity contribution in [2.45, 2.75) is 6.54 Å². The van der Waals surface area contributed by atoms with Crippen LogP contribution in [0, 0.1) is 0 Å². The van der Waals surface area contributed by atoms with E-state index in [1.165, 1.54) is 11.3 Å². The second-order valence-corrected chi connectivity index (χ2v) is 8.39. The van der Waals surface area contributed by atoms with Gasteiger partial charge in [-0.05, 0) is 53.6 Å². The van der Waals surface area contributed by atoms with Crippen molar-refractivity contribution < 1.29 is 4.79 Å². The van der Waals surface area contributed by atoms with Gasteiger partial charge < -0.3 is 21.3 Å². The molecule has 1 heterocycles. The zero-order valence-corrected chi connectivity index (χ0v) is 19.0. The first kappa shape index (κ1) is 21.3. The van der Waals surface area contributed by atoms with Crippen molar-refractivity contribution in [2.75, 3.05) is 28.3 Å². The molecule has 0 spiro atoms. The number of carbonyl (C=O) groups excluding carboxylic acids is 1. The predicted molar refractivity (Wildman–Crippen MR) is 141 cm³/mol. The summed E-state index contributed by atoms with van der Waals surface area (Å²) in [6.45, 7) is 0.798. The van der Waals surface area contributed by atoms with Gasteiger partial charge in [-0.3, -0.25) is 4.79 Å². The van der Waals surface area contributed by atoms with E-state index >= 15 is 0 Å². The fourth-order valence-electron chi connectivity index (χ4n) is 4.20. The minimum absolute atomic E-state index is 0.145. The summed E-state index contributed by atoms with van der Waals surface area (Å²) >= 11 is 0. The number of rotatable bonds is 6. The summed E-state index contributed by atoms with van der Waals surface area (Å²) in [5, 5.41) is 6.46. The molecule has 168 valence electrons.